The topological polar surface area (TPSA) is 53.9 Å². The van der Waals surface area contributed by atoms with Crippen LogP contribution in [0, 0.1) is 5.92 Å². The molecule has 0 unspecified atom stereocenters. The third-order valence-electron chi connectivity index (χ3n) is 5.12. The average Bonchev–Trinajstić information content (AvgIpc) is 2.74. The van der Waals surface area contributed by atoms with E-state index < -0.39 is 0 Å². The Kier molecular flexibility index (Phi) is 7.23. The molecule has 3 rings (SSSR count). The van der Waals surface area contributed by atoms with E-state index in [0.29, 0.717) is 0 Å². The van der Waals surface area contributed by atoms with Crippen molar-refractivity contribution in [3.05, 3.63) is 64.1 Å². The fraction of sp³-hybridized carbons (Fsp3) is 0.364. The van der Waals surface area contributed by atoms with Crippen molar-refractivity contribution in [2.75, 3.05) is 20.2 Å². The first-order valence-electron chi connectivity index (χ1n) is 9.50. The lowest BCUT2D eigenvalue weighted by atomic mass is 9.96. The third kappa shape index (κ3) is 5.66. The van der Waals surface area contributed by atoms with E-state index in [4.69, 9.17) is 4.74 Å². The van der Waals surface area contributed by atoms with Gasteiger partial charge in [0, 0.05) is 16.9 Å². The zero-order valence-corrected chi connectivity index (χ0v) is 17.9. The summed E-state index contributed by atoms with van der Waals surface area (Å²) in [5.74, 6) is 0.834. The number of carbonyl (C=O) groups is 1. The molecule has 28 heavy (non-hydrogen) atoms. The molecule has 5 nitrogen and oxygen atoms in total. The van der Waals surface area contributed by atoms with E-state index in [1.807, 2.05) is 31.2 Å². The van der Waals surface area contributed by atoms with Gasteiger partial charge in [-0.05, 0) is 80.4 Å². The molecule has 2 aromatic rings. The number of nitrogens with zero attached hydrogens (tertiary/aromatic N) is 2. The van der Waals surface area contributed by atoms with Crippen molar-refractivity contribution >= 4 is 27.5 Å². The third-order valence-corrected chi connectivity index (χ3v) is 5.65. The van der Waals surface area contributed by atoms with Gasteiger partial charge in [-0.3, -0.25) is 9.69 Å². The molecule has 0 atom stereocenters. The number of likely N-dealkylation sites (tertiary alicyclic amines) is 1. The van der Waals surface area contributed by atoms with Crippen molar-refractivity contribution in [2.24, 2.45) is 11.0 Å². The number of nitrogens with one attached hydrogen (secondary N) is 1. The molecule has 1 aliphatic heterocycles. The van der Waals surface area contributed by atoms with Gasteiger partial charge in [-0.25, -0.2) is 5.43 Å². The van der Waals surface area contributed by atoms with E-state index in [1.165, 1.54) is 5.56 Å². The lowest BCUT2D eigenvalue weighted by Gasteiger charge is -2.30. The van der Waals surface area contributed by atoms with Crippen LogP contribution in [0.2, 0.25) is 0 Å². The summed E-state index contributed by atoms with van der Waals surface area (Å²) in [5, 5.41) is 4.28. The summed E-state index contributed by atoms with van der Waals surface area (Å²) in [6.07, 6.45) is 1.72. The van der Waals surface area contributed by atoms with Crippen molar-refractivity contribution in [2.45, 2.75) is 26.3 Å². The molecule has 0 saturated carbocycles. The molecule has 1 N–H and O–H groups in total. The van der Waals surface area contributed by atoms with Crippen LogP contribution < -0.4 is 10.2 Å². The Balaban J connectivity index is 1.47. The van der Waals surface area contributed by atoms with Crippen molar-refractivity contribution in [3.63, 3.8) is 0 Å². The second kappa shape index (κ2) is 9.85. The number of rotatable bonds is 6. The molecule has 6 heteroatoms. The number of amides is 1. The quantitative estimate of drug-likeness (QED) is 0.537. The normalized spacial score (nSPS) is 16.0. The molecule has 0 radical (unpaired) electrons. The molecule has 1 aliphatic rings. The molecular formula is C22H26BrN3O2. The molecule has 0 aromatic heterocycles. The Morgan fingerprint density at radius 1 is 1.14 bits per heavy atom. The Hall–Kier alpha value is -2.18. The van der Waals surface area contributed by atoms with Gasteiger partial charge in [0.25, 0.3) is 0 Å². The zero-order valence-electron chi connectivity index (χ0n) is 16.3. The van der Waals surface area contributed by atoms with Crippen LogP contribution in [-0.4, -0.2) is 36.7 Å². The maximum Gasteiger partial charge on any atom is 0.243 e. The second-order valence-corrected chi connectivity index (χ2v) is 7.99. The monoisotopic (exact) mass is 443 g/mol. The number of piperidine rings is 1. The van der Waals surface area contributed by atoms with Crippen molar-refractivity contribution < 1.29 is 9.53 Å². The van der Waals surface area contributed by atoms with E-state index in [1.54, 1.807) is 7.11 Å². The fourth-order valence-corrected chi connectivity index (χ4v) is 3.59. The number of hydrogen-bond acceptors (Lipinski definition) is 4. The van der Waals surface area contributed by atoms with Gasteiger partial charge >= 0.3 is 0 Å². The highest BCUT2D eigenvalue weighted by Crippen LogP contribution is 2.20. The first-order chi connectivity index (χ1) is 13.5. The molecule has 1 heterocycles. The van der Waals surface area contributed by atoms with Crippen LogP contribution in [0.1, 0.15) is 30.9 Å². The van der Waals surface area contributed by atoms with Crippen molar-refractivity contribution in [1.29, 1.82) is 0 Å². The summed E-state index contributed by atoms with van der Waals surface area (Å²) < 4.78 is 6.26. The van der Waals surface area contributed by atoms with Gasteiger partial charge in [-0.2, -0.15) is 5.10 Å². The SMILES string of the molecule is COc1ccc(C(C)=NNC(=O)C2CCN(Cc3ccc(Br)cc3)CC2)cc1. The van der Waals surface area contributed by atoms with Gasteiger partial charge in [0.05, 0.1) is 12.8 Å². The molecule has 0 spiro atoms. The Morgan fingerprint density at radius 3 is 2.39 bits per heavy atom. The summed E-state index contributed by atoms with van der Waals surface area (Å²) in [5.41, 5.74) is 5.79. The predicted octanol–water partition coefficient (Wildman–Crippen LogP) is 4.21. The molecule has 2 aromatic carbocycles. The van der Waals surface area contributed by atoms with E-state index in [-0.39, 0.29) is 11.8 Å². The van der Waals surface area contributed by atoms with Crippen LogP contribution >= 0.6 is 15.9 Å². The Labute approximate surface area is 174 Å². The molecule has 0 aliphatic carbocycles. The van der Waals surface area contributed by atoms with Crippen molar-refractivity contribution in [3.8, 4) is 5.75 Å². The van der Waals surface area contributed by atoms with Gasteiger partial charge < -0.3 is 4.74 Å². The highest BCUT2D eigenvalue weighted by atomic mass is 79.9. The van der Waals surface area contributed by atoms with Crippen LogP contribution in [-0.2, 0) is 11.3 Å². The van der Waals surface area contributed by atoms with Crippen LogP contribution in [0.5, 0.6) is 5.75 Å². The van der Waals surface area contributed by atoms with Crippen LogP contribution in [0.15, 0.2) is 58.1 Å². The minimum atomic E-state index is 0.0103. The van der Waals surface area contributed by atoms with Gasteiger partial charge in [-0.1, -0.05) is 28.1 Å². The first-order valence-corrected chi connectivity index (χ1v) is 10.3. The number of hydrogen-bond donors (Lipinski definition) is 1. The molecular weight excluding hydrogens is 418 g/mol. The number of hydrazone groups is 1. The maximum absolute atomic E-state index is 12.5. The minimum absolute atomic E-state index is 0.0103. The smallest absolute Gasteiger partial charge is 0.243 e. The number of methoxy groups -OCH3 is 1. The number of ether oxygens (including phenoxy) is 1. The first kappa shape index (κ1) is 20.6. The minimum Gasteiger partial charge on any atom is -0.497 e. The number of benzene rings is 2. The molecule has 1 amide bonds. The molecule has 1 saturated heterocycles. The second-order valence-electron chi connectivity index (χ2n) is 7.08. The van der Waals surface area contributed by atoms with E-state index in [2.05, 4.69) is 55.6 Å². The van der Waals surface area contributed by atoms with E-state index in [0.717, 1.165) is 54.0 Å². The van der Waals surface area contributed by atoms with E-state index >= 15 is 0 Å². The predicted molar refractivity (Wildman–Crippen MR) is 115 cm³/mol. The standard InChI is InChI=1S/C22H26BrN3O2/c1-16(18-5-9-21(28-2)10-6-18)24-25-22(27)19-11-13-26(14-12-19)15-17-3-7-20(23)8-4-17/h3-10,19H,11-15H2,1-2H3,(H,25,27). The average molecular weight is 444 g/mol. The largest absolute Gasteiger partial charge is 0.497 e. The van der Waals surface area contributed by atoms with Gasteiger partial charge in [0.1, 0.15) is 5.75 Å². The lowest BCUT2D eigenvalue weighted by molar-refractivity contribution is -0.126. The summed E-state index contributed by atoms with van der Waals surface area (Å²) in [7, 11) is 1.64. The summed E-state index contributed by atoms with van der Waals surface area (Å²) in [6.45, 7) is 4.67. The fourth-order valence-electron chi connectivity index (χ4n) is 3.33. The highest BCUT2D eigenvalue weighted by Gasteiger charge is 2.24. The summed E-state index contributed by atoms with van der Waals surface area (Å²) in [4.78, 5) is 14.9. The number of carbonyl (C=O) groups excluding carboxylic acids is 1. The van der Waals surface area contributed by atoms with Crippen LogP contribution in [0.25, 0.3) is 0 Å². The lowest BCUT2D eigenvalue weighted by Crippen LogP contribution is -2.39. The highest BCUT2D eigenvalue weighted by molar-refractivity contribution is 9.10. The Morgan fingerprint density at radius 2 is 1.79 bits per heavy atom. The maximum atomic E-state index is 12.5. The molecule has 0 bridgehead atoms. The summed E-state index contributed by atoms with van der Waals surface area (Å²) >= 11 is 3.47. The van der Waals surface area contributed by atoms with Crippen molar-refractivity contribution in [1.82, 2.24) is 10.3 Å². The number of halogens is 1. The molecule has 148 valence electrons. The van der Waals surface area contributed by atoms with Gasteiger partial charge in [0.2, 0.25) is 5.91 Å². The van der Waals surface area contributed by atoms with Crippen LogP contribution in [0.3, 0.4) is 0 Å². The van der Waals surface area contributed by atoms with Gasteiger partial charge in [-0.15, -0.1) is 0 Å². The zero-order chi connectivity index (χ0) is 19.9. The molecule has 1 fully saturated rings. The summed E-state index contributed by atoms with van der Waals surface area (Å²) in [6, 6.07) is 16.1. The van der Waals surface area contributed by atoms with Crippen LogP contribution in [0.4, 0.5) is 0 Å². The van der Waals surface area contributed by atoms with E-state index in [9.17, 15) is 4.79 Å². The van der Waals surface area contributed by atoms with Gasteiger partial charge in [0.15, 0.2) is 0 Å². The Bertz CT molecular complexity index is 811.